The van der Waals surface area contributed by atoms with Gasteiger partial charge in [-0.1, -0.05) is 0 Å². The molecule has 0 unspecified atom stereocenters. The first-order valence-electron chi connectivity index (χ1n) is 6.85. The lowest BCUT2D eigenvalue weighted by molar-refractivity contribution is 0.139. The Morgan fingerprint density at radius 3 is 3.00 bits per heavy atom. The first-order chi connectivity index (χ1) is 10.6. The number of amides is 1. The lowest BCUT2D eigenvalue weighted by Crippen LogP contribution is -2.29. The Labute approximate surface area is 148 Å². The van der Waals surface area contributed by atoms with Crippen molar-refractivity contribution in [3.63, 3.8) is 0 Å². The van der Waals surface area contributed by atoms with Gasteiger partial charge in [-0.05, 0) is 47.6 Å². The fraction of sp³-hybridized carbons (Fsp3) is 0.286. The Balaban J connectivity index is 1.65. The summed E-state index contributed by atoms with van der Waals surface area (Å²) in [5.41, 5.74) is 0.968. The molecule has 1 atom stereocenters. The maximum Gasteiger partial charge on any atom is 0.407 e. The lowest BCUT2D eigenvalue weighted by atomic mass is 10.2. The number of likely N-dealkylation sites (tertiary alicyclic amines) is 1. The highest BCUT2D eigenvalue weighted by Gasteiger charge is 2.31. The van der Waals surface area contributed by atoms with E-state index in [1.807, 2.05) is 6.20 Å². The van der Waals surface area contributed by atoms with Crippen molar-refractivity contribution in [2.75, 3.05) is 6.54 Å². The molecule has 8 heteroatoms. The number of thiophene rings is 2. The third kappa shape index (κ3) is 2.42. The molecule has 1 fully saturated rings. The number of aromatic nitrogens is 2. The van der Waals surface area contributed by atoms with E-state index in [0.29, 0.717) is 6.54 Å². The van der Waals surface area contributed by atoms with Crippen LogP contribution in [0.15, 0.2) is 18.3 Å². The van der Waals surface area contributed by atoms with E-state index in [1.54, 1.807) is 22.7 Å². The van der Waals surface area contributed by atoms with Crippen LogP contribution in [-0.4, -0.2) is 32.6 Å². The summed E-state index contributed by atoms with van der Waals surface area (Å²) in [4.78, 5) is 21.6. The topological polar surface area (TPSA) is 69.2 Å². The fourth-order valence-corrected chi connectivity index (χ4v) is 6.17. The van der Waals surface area contributed by atoms with Crippen LogP contribution in [0.4, 0.5) is 4.79 Å². The molecule has 0 aliphatic carbocycles. The molecule has 0 spiro atoms. The Hall–Kier alpha value is -1.13. The van der Waals surface area contributed by atoms with E-state index >= 15 is 0 Å². The standard InChI is InChI=1S/C14H12IN3O2S2/c15-12-5-11-10(22-12)4-9(21-11)7-6-16-13(17-7)8-2-1-3-18(8)14(19)20/h4-6,8H,1-3H2,(H,16,17)(H,19,20)/t8-/m0/s1. The zero-order valence-electron chi connectivity index (χ0n) is 11.4. The number of carbonyl (C=O) groups is 1. The smallest absolute Gasteiger partial charge is 0.407 e. The van der Waals surface area contributed by atoms with Gasteiger partial charge in [-0.3, -0.25) is 4.90 Å². The molecule has 0 radical (unpaired) electrons. The van der Waals surface area contributed by atoms with Crippen LogP contribution in [-0.2, 0) is 0 Å². The molecule has 114 valence electrons. The average Bonchev–Trinajstić information content (AvgIpc) is 3.19. The molecule has 0 saturated carbocycles. The van der Waals surface area contributed by atoms with Crippen LogP contribution in [0.25, 0.3) is 20.0 Å². The number of nitrogens with zero attached hydrogens (tertiary/aromatic N) is 2. The van der Waals surface area contributed by atoms with E-state index in [9.17, 15) is 9.90 Å². The molecule has 1 aliphatic heterocycles. The van der Waals surface area contributed by atoms with Crippen LogP contribution < -0.4 is 0 Å². The molecule has 2 N–H and O–H groups in total. The van der Waals surface area contributed by atoms with Crippen LogP contribution in [0.3, 0.4) is 0 Å². The zero-order chi connectivity index (χ0) is 15.3. The maximum atomic E-state index is 11.3. The number of hydrogen-bond acceptors (Lipinski definition) is 4. The summed E-state index contributed by atoms with van der Waals surface area (Å²) in [6.45, 7) is 0.587. The van der Waals surface area contributed by atoms with Gasteiger partial charge in [0.2, 0.25) is 0 Å². The van der Waals surface area contributed by atoms with E-state index < -0.39 is 6.09 Å². The van der Waals surface area contributed by atoms with Crippen molar-refractivity contribution in [2.24, 2.45) is 0 Å². The Kier molecular flexibility index (Phi) is 3.61. The summed E-state index contributed by atoms with van der Waals surface area (Å²) in [6, 6.07) is 4.22. The van der Waals surface area contributed by atoms with Crippen LogP contribution in [0.5, 0.6) is 0 Å². The number of carboxylic acid groups (broad SMARTS) is 1. The van der Waals surface area contributed by atoms with Gasteiger partial charge in [-0.2, -0.15) is 0 Å². The molecule has 3 aromatic heterocycles. The Morgan fingerprint density at radius 2 is 2.23 bits per heavy atom. The number of hydrogen-bond donors (Lipinski definition) is 2. The van der Waals surface area contributed by atoms with Crippen LogP contribution in [0.1, 0.15) is 24.7 Å². The normalized spacial score (nSPS) is 18.4. The first-order valence-corrected chi connectivity index (χ1v) is 9.57. The van der Waals surface area contributed by atoms with Crippen molar-refractivity contribution in [1.29, 1.82) is 0 Å². The predicted octanol–water partition coefficient (Wildman–Crippen LogP) is 4.77. The molecular weight excluding hydrogens is 433 g/mol. The molecular formula is C14H12IN3O2S2. The van der Waals surface area contributed by atoms with E-state index in [0.717, 1.165) is 29.2 Å². The predicted molar refractivity (Wildman–Crippen MR) is 96.7 cm³/mol. The minimum Gasteiger partial charge on any atom is -0.465 e. The van der Waals surface area contributed by atoms with Gasteiger partial charge in [0.15, 0.2) is 0 Å². The summed E-state index contributed by atoms with van der Waals surface area (Å²) in [6.07, 6.45) is 2.66. The van der Waals surface area contributed by atoms with Gasteiger partial charge in [-0.15, -0.1) is 22.7 Å². The lowest BCUT2D eigenvalue weighted by Gasteiger charge is -2.19. The second-order valence-electron chi connectivity index (χ2n) is 5.21. The summed E-state index contributed by atoms with van der Waals surface area (Å²) < 4.78 is 3.86. The number of imidazole rings is 1. The molecule has 5 nitrogen and oxygen atoms in total. The van der Waals surface area contributed by atoms with E-state index in [2.05, 4.69) is 44.7 Å². The van der Waals surface area contributed by atoms with Gasteiger partial charge < -0.3 is 10.1 Å². The van der Waals surface area contributed by atoms with E-state index in [4.69, 9.17) is 0 Å². The van der Waals surface area contributed by atoms with Gasteiger partial charge in [0.25, 0.3) is 0 Å². The Bertz CT molecular complexity index is 822. The molecule has 3 aromatic rings. The van der Waals surface area contributed by atoms with Gasteiger partial charge in [0, 0.05) is 15.9 Å². The molecule has 0 bridgehead atoms. The van der Waals surface area contributed by atoms with Crippen LogP contribution in [0, 0.1) is 2.88 Å². The highest BCUT2D eigenvalue weighted by atomic mass is 127. The van der Waals surface area contributed by atoms with Crippen molar-refractivity contribution >= 4 is 60.8 Å². The molecule has 1 aliphatic rings. The molecule has 1 saturated heterocycles. The van der Waals surface area contributed by atoms with Crippen LogP contribution in [0.2, 0.25) is 0 Å². The second kappa shape index (κ2) is 5.50. The van der Waals surface area contributed by atoms with Crippen molar-refractivity contribution in [2.45, 2.75) is 18.9 Å². The Morgan fingerprint density at radius 1 is 1.41 bits per heavy atom. The number of aromatic amines is 1. The van der Waals surface area contributed by atoms with Crippen LogP contribution >= 0.6 is 45.3 Å². The highest BCUT2D eigenvalue weighted by Crippen LogP contribution is 2.39. The summed E-state index contributed by atoms with van der Waals surface area (Å²) in [5, 5.41) is 9.25. The fourth-order valence-electron chi connectivity index (χ4n) is 2.85. The minimum absolute atomic E-state index is 0.145. The SMILES string of the molecule is O=C(O)N1CCC[C@H]1c1ncc(-c2cc3sc(I)cc3s2)[nH]1. The third-order valence-corrected chi connectivity index (χ3v) is 6.94. The van der Waals surface area contributed by atoms with Crippen molar-refractivity contribution in [1.82, 2.24) is 14.9 Å². The molecule has 0 aromatic carbocycles. The molecule has 1 amide bonds. The second-order valence-corrected chi connectivity index (χ2v) is 9.27. The number of fused-ring (bicyclic) bond motifs is 1. The average molecular weight is 445 g/mol. The van der Waals surface area contributed by atoms with E-state index in [1.165, 1.54) is 17.2 Å². The third-order valence-electron chi connectivity index (χ3n) is 3.85. The van der Waals surface area contributed by atoms with E-state index in [-0.39, 0.29) is 6.04 Å². The number of H-pyrrole nitrogens is 1. The number of nitrogens with one attached hydrogen (secondary N) is 1. The van der Waals surface area contributed by atoms with Crippen molar-refractivity contribution in [3.8, 4) is 10.6 Å². The number of rotatable bonds is 2. The maximum absolute atomic E-state index is 11.3. The monoisotopic (exact) mass is 445 g/mol. The molecule has 22 heavy (non-hydrogen) atoms. The number of halogens is 1. The summed E-state index contributed by atoms with van der Waals surface area (Å²) in [7, 11) is 0. The summed E-state index contributed by atoms with van der Waals surface area (Å²) >= 11 is 5.86. The van der Waals surface area contributed by atoms with Gasteiger partial charge in [-0.25, -0.2) is 9.78 Å². The van der Waals surface area contributed by atoms with Gasteiger partial charge in [0.1, 0.15) is 5.82 Å². The summed E-state index contributed by atoms with van der Waals surface area (Å²) in [5.74, 6) is 0.751. The molecule has 4 rings (SSSR count). The van der Waals surface area contributed by atoms with Gasteiger partial charge >= 0.3 is 6.09 Å². The zero-order valence-corrected chi connectivity index (χ0v) is 15.2. The quantitative estimate of drug-likeness (QED) is 0.559. The first kappa shape index (κ1) is 14.5. The van der Waals surface area contributed by atoms with Gasteiger partial charge in [0.05, 0.1) is 25.7 Å². The minimum atomic E-state index is -0.869. The largest absolute Gasteiger partial charge is 0.465 e. The molecule has 4 heterocycles. The highest BCUT2D eigenvalue weighted by molar-refractivity contribution is 14.1. The van der Waals surface area contributed by atoms with Crippen molar-refractivity contribution in [3.05, 3.63) is 27.0 Å². The van der Waals surface area contributed by atoms with Crippen molar-refractivity contribution < 1.29 is 9.90 Å².